The highest BCUT2D eigenvalue weighted by molar-refractivity contribution is 7.99. The Kier molecular flexibility index (Phi) is 7.64. The molecule has 0 spiro atoms. The maximum absolute atomic E-state index is 13.6. The first-order chi connectivity index (χ1) is 16.5. The Balaban J connectivity index is 0.000000499. The predicted octanol–water partition coefficient (Wildman–Crippen LogP) is 4.33. The van der Waals surface area contributed by atoms with Crippen LogP contribution in [0.1, 0.15) is 33.8 Å². The van der Waals surface area contributed by atoms with Gasteiger partial charge in [0.2, 0.25) is 6.41 Å². The highest BCUT2D eigenvalue weighted by atomic mass is 32.2. The summed E-state index contributed by atoms with van der Waals surface area (Å²) in [6.07, 6.45) is 6.73. The van der Waals surface area contributed by atoms with Crippen LogP contribution in [0.5, 0.6) is 0 Å². The van der Waals surface area contributed by atoms with E-state index in [9.17, 15) is 14.4 Å². The number of carbonyl (C=O) groups is 2. The summed E-state index contributed by atoms with van der Waals surface area (Å²) < 4.78 is 1.66. The van der Waals surface area contributed by atoms with E-state index in [1.165, 1.54) is 33.5 Å². The van der Waals surface area contributed by atoms with E-state index in [0.29, 0.717) is 10.9 Å². The van der Waals surface area contributed by atoms with Gasteiger partial charge >= 0.3 is 0 Å². The Labute approximate surface area is 205 Å². The molecule has 1 N–H and O–H groups in total. The number of amides is 1. The maximum atomic E-state index is 13.6. The van der Waals surface area contributed by atoms with Crippen LogP contribution in [-0.4, -0.2) is 51.5 Å². The molecule has 1 aliphatic rings. The van der Waals surface area contributed by atoms with Gasteiger partial charge in [-0.15, -0.1) is 11.3 Å². The van der Waals surface area contributed by atoms with E-state index in [-0.39, 0.29) is 17.1 Å². The monoisotopic (exact) mass is 494 g/mol. The molecule has 176 valence electrons. The third kappa shape index (κ3) is 5.15. The molecule has 1 aromatic carbocycles. The third-order valence-electron chi connectivity index (χ3n) is 5.41. The number of thioether (sulfide) groups is 1. The Hall–Kier alpha value is -3.17. The van der Waals surface area contributed by atoms with E-state index in [4.69, 9.17) is 4.98 Å². The molecule has 0 fully saturated rings. The van der Waals surface area contributed by atoms with Gasteiger partial charge in [0.05, 0.1) is 22.5 Å². The predicted molar refractivity (Wildman–Crippen MR) is 137 cm³/mol. The number of benzene rings is 1. The number of fused-ring (bicyclic) bond motifs is 3. The van der Waals surface area contributed by atoms with Gasteiger partial charge in [0, 0.05) is 25.2 Å². The summed E-state index contributed by atoms with van der Waals surface area (Å²) in [4.78, 5) is 46.8. The minimum atomic E-state index is -0.0320. The molecule has 7 nitrogen and oxygen atoms in total. The van der Waals surface area contributed by atoms with Crippen LogP contribution in [-0.2, 0) is 17.6 Å². The Morgan fingerprint density at radius 2 is 1.91 bits per heavy atom. The number of Topliss-reactive ketones (excluding diaryl/α,β-unsaturated/α-hetero) is 1. The van der Waals surface area contributed by atoms with Crippen molar-refractivity contribution in [2.45, 2.75) is 30.8 Å². The molecule has 1 amide bonds. The number of H-pyrrole nitrogens is 1. The van der Waals surface area contributed by atoms with Gasteiger partial charge in [-0.05, 0) is 55.5 Å². The first kappa shape index (κ1) is 24.0. The number of hydrogen-bond donors (Lipinski definition) is 1. The van der Waals surface area contributed by atoms with E-state index in [1.807, 2.05) is 30.3 Å². The van der Waals surface area contributed by atoms with Gasteiger partial charge in [0.15, 0.2) is 10.9 Å². The van der Waals surface area contributed by atoms with Crippen LogP contribution in [0.15, 0.2) is 58.6 Å². The number of hydrogen-bond acceptors (Lipinski definition) is 6. The van der Waals surface area contributed by atoms with E-state index < -0.39 is 0 Å². The van der Waals surface area contributed by atoms with Crippen LogP contribution in [0, 0.1) is 0 Å². The number of rotatable bonds is 6. The minimum Gasteiger partial charge on any atom is -0.359 e. The van der Waals surface area contributed by atoms with Crippen molar-refractivity contribution in [2.24, 2.45) is 0 Å². The molecule has 0 saturated carbocycles. The average Bonchev–Trinajstić information content (AvgIpc) is 3.51. The standard InChI is InChI=1S/C22H19N3O2S2.C3H7NO/c26-17(16-10-6-12-23-16)13-28-22-24-20-19(15-9-4-5-11-18(15)29-20)21(27)25(22)14-7-2-1-3-8-14;1-4(2)3-5/h1-3,6-8,10,12,23H,4-5,9,11,13H2;3H,1-2H3. The number of para-hydroxylation sites is 1. The fourth-order valence-corrected chi connectivity index (χ4v) is 6.00. The van der Waals surface area contributed by atoms with E-state index in [0.717, 1.165) is 41.6 Å². The van der Waals surface area contributed by atoms with Gasteiger partial charge in [-0.1, -0.05) is 30.0 Å². The number of aromatic amines is 1. The van der Waals surface area contributed by atoms with Crippen molar-refractivity contribution in [1.29, 1.82) is 0 Å². The zero-order valence-corrected chi connectivity index (χ0v) is 20.7. The molecule has 0 radical (unpaired) electrons. The first-order valence-electron chi connectivity index (χ1n) is 11.0. The Morgan fingerprint density at radius 1 is 1.18 bits per heavy atom. The zero-order valence-electron chi connectivity index (χ0n) is 19.1. The average molecular weight is 495 g/mol. The van der Waals surface area contributed by atoms with Crippen LogP contribution in [0.3, 0.4) is 0 Å². The summed E-state index contributed by atoms with van der Waals surface area (Å²) in [6, 6.07) is 13.1. The van der Waals surface area contributed by atoms with Crippen molar-refractivity contribution in [3.8, 4) is 5.69 Å². The second-order valence-electron chi connectivity index (χ2n) is 8.13. The van der Waals surface area contributed by atoms with Crippen molar-refractivity contribution in [2.75, 3.05) is 19.8 Å². The number of ketones is 1. The molecule has 34 heavy (non-hydrogen) atoms. The largest absolute Gasteiger partial charge is 0.359 e. The topological polar surface area (TPSA) is 88.1 Å². The molecule has 5 rings (SSSR count). The molecule has 3 heterocycles. The van der Waals surface area contributed by atoms with Crippen molar-refractivity contribution >= 4 is 45.5 Å². The van der Waals surface area contributed by atoms with Crippen LogP contribution in [0.4, 0.5) is 0 Å². The summed E-state index contributed by atoms with van der Waals surface area (Å²) in [5.74, 6) is 0.204. The molecule has 9 heteroatoms. The lowest BCUT2D eigenvalue weighted by atomic mass is 9.97. The Bertz CT molecular complexity index is 1340. The van der Waals surface area contributed by atoms with E-state index in [2.05, 4.69) is 4.98 Å². The molecular formula is C25H26N4O3S2. The third-order valence-corrected chi connectivity index (χ3v) is 7.54. The normalized spacial score (nSPS) is 12.5. The van der Waals surface area contributed by atoms with Crippen molar-refractivity contribution in [3.63, 3.8) is 0 Å². The maximum Gasteiger partial charge on any atom is 0.267 e. The molecular weight excluding hydrogens is 468 g/mol. The smallest absolute Gasteiger partial charge is 0.267 e. The van der Waals surface area contributed by atoms with Crippen molar-refractivity contribution in [1.82, 2.24) is 19.4 Å². The molecule has 0 aliphatic heterocycles. The number of thiophene rings is 1. The van der Waals surface area contributed by atoms with Crippen molar-refractivity contribution in [3.05, 3.63) is 75.1 Å². The van der Waals surface area contributed by atoms with E-state index in [1.54, 1.807) is 48.3 Å². The fourth-order valence-electron chi connectivity index (χ4n) is 3.80. The second-order valence-corrected chi connectivity index (χ2v) is 10.2. The SMILES string of the molecule is CN(C)C=O.O=C(CSc1nc2sc3c(c2c(=O)n1-c1ccccc1)CCCC3)c1ccc[nH]1. The van der Waals surface area contributed by atoms with Gasteiger partial charge in [-0.25, -0.2) is 4.98 Å². The van der Waals surface area contributed by atoms with Gasteiger partial charge in [-0.3, -0.25) is 19.0 Å². The minimum absolute atomic E-state index is 0.0144. The Morgan fingerprint density at radius 3 is 2.59 bits per heavy atom. The number of carbonyl (C=O) groups excluding carboxylic acids is 2. The summed E-state index contributed by atoms with van der Waals surface area (Å²) >= 11 is 2.95. The highest BCUT2D eigenvalue weighted by Crippen LogP contribution is 2.35. The lowest BCUT2D eigenvalue weighted by Crippen LogP contribution is -2.22. The second kappa shape index (κ2) is 10.8. The van der Waals surface area contributed by atoms with Crippen LogP contribution < -0.4 is 5.56 Å². The summed E-state index contributed by atoms with van der Waals surface area (Å²) in [5, 5.41) is 1.32. The fraction of sp³-hybridized carbons (Fsp3) is 0.280. The molecule has 0 bridgehead atoms. The summed E-state index contributed by atoms with van der Waals surface area (Å²) in [6.45, 7) is 0. The zero-order chi connectivity index (χ0) is 24.1. The molecule has 1 aliphatic carbocycles. The van der Waals surface area contributed by atoms with Crippen LogP contribution in [0.25, 0.3) is 15.9 Å². The molecule has 0 unspecified atom stereocenters. The van der Waals surface area contributed by atoms with E-state index >= 15 is 0 Å². The first-order valence-corrected chi connectivity index (χ1v) is 12.8. The van der Waals surface area contributed by atoms with Gasteiger partial charge < -0.3 is 9.88 Å². The van der Waals surface area contributed by atoms with Crippen molar-refractivity contribution < 1.29 is 9.59 Å². The van der Waals surface area contributed by atoms with Gasteiger partial charge in [-0.2, -0.15) is 0 Å². The van der Waals surface area contributed by atoms with Crippen LogP contribution in [0.2, 0.25) is 0 Å². The highest BCUT2D eigenvalue weighted by Gasteiger charge is 2.23. The number of aromatic nitrogens is 3. The summed E-state index contributed by atoms with van der Waals surface area (Å²) in [5.41, 5.74) is 2.49. The lowest BCUT2D eigenvalue weighted by molar-refractivity contribution is -0.115. The number of nitrogens with one attached hydrogen (secondary N) is 1. The lowest BCUT2D eigenvalue weighted by Gasteiger charge is -2.13. The molecule has 0 atom stereocenters. The van der Waals surface area contributed by atoms with Gasteiger partial charge in [0.1, 0.15) is 4.83 Å². The molecule has 0 saturated heterocycles. The number of aryl methyl sites for hydroxylation is 2. The van der Waals surface area contributed by atoms with Crippen LogP contribution >= 0.6 is 23.1 Å². The quantitative estimate of drug-likeness (QED) is 0.187. The number of nitrogens with zero attached hydrogens (tertiary/aromatic N) is 3. The van der Waals surface area contributed by atoms with Gasteiger partial charge in [0.25, 0.3) is 5.56 Å². The summed E-state index contributed by atoms with van der Waals surface area (Å²) in [7, 11) is 3.38. The molecule has 3 aromatic heterocycles. The molecule has 4 aromatic rings.